The summed E-state index contributed by atoms with van der Waals surface area (Å²) >= 11 is 0. The second-order valence-corrected chi connectivity index (χ2v) is 8.41. The Kier molecular flexibility index (Phi) is 5.80. The van der Waals surface area contributed by atoms with E-state index in [1.165, 1.54) is 18.4 Å². The molecule has 1 amide bonds. The van der Waals surface area contributed by atoms with E-state index in [2.05, 4.69) is 15.4 Å². The summed E-state index contributed by atoms with van der Waals surface area (Å²) in [6.07, 6.45) is 8.28. The molecule has 156 valence electrons. The van der Waals surface area contributed by atoms with Gasteiger partial charge in [0, 0.05) is 37.4 Å². The molecule has 29 heavy (non-hydrogen) atoms. The van der Waals surface area contributed by atoms with Crippen molar-refractivity contribution in [3.05, 3.63) is 45.4 Å². The van der Waals surface area contributed by atoms with Gasteiger partial charge in [-0.25, -0.2) is 9.48 Å². The molecule has 0 bridgehead atoms. The number of nitrogens with zero attached hydrogens (tertiary/aromatic N) is 5. The van der Waals surface area contributed by atoms with Crippen molar-refractivity contribution in [2.45, 2.75) is 64.1 Å². The molecule has 1 unspecified atom stereocenters. The lowest BCUT2D eigenvalue weighted by molar-refractivity contribution is 0.0932. The molecule has 0 radical (unpaired) electrons. The van der Waals surface area contributed by atoms with Gasteiger partial charge in [-0.1, -0.05) is 0 Å². The van der Waals surface area contributed by atoms with Crippen LogP contribution in [0.25, 0.3) is 0 Å². The maximum absolute atomic E-state index is 12.7. The van der Waals surface area contributed by atoms with Crippen LogP contribution in [-0.2, 0) is 32.4 Å². The van der Waals surface area contributed by atoms with E-state index in [-0.39, 0.29) is 17.6 Å². The molecular formula is C21H30N6O2. The van der Waals surface area contributed by atoms with E-state index < -0.39 is 0 Å². The summed E-state index contributed by atoms with van der Waals surface area (Å²) in [5, 5.41) is 7.67. The molecule has 0 fully saturated rings. The number of fused-ring (bicyclic) bond motifs is 2. The molecular weight excluding hydrogens is 368 g/mol. The molecule has 8 nitrogen and oxygen atoms in total. The van der Waals surface area contributed by atoms with Crippen LogP contribution in [-0.4, -0.2) is 56.8 Å². The molecule has 2 aliphatic rings. The zero-order valence-electron chi connectivity index (χ0n) is 17.4. The van der Waals surface area contributed by atoms with Gasteiger partial charge in [-0.05, 0) is 64.3 Å². The van der Waals surface area contributed by atoms with E-state index in [0.717, 1.165) is 43.7 Å². The van der Waals surface area contributed by atoms with Crippen molar-refractivity contribution in [3.8, 4) is 0 Å². The molecule has 1 N–H and O–H groups in total. The van der Waals surface area contributed by atoms with Crippen LogP contribution in [0, 0.1) is 0 Å². The minimum Gasteiger partial charge on any atom is -0.349 e. The highest BCUT2D eigenvalue weighted by Gasteiger charge is 2.23. The van der Waals surface area contributed by atoms with Crippen molar-refractivity contribution in [3.63, 3.8) is 0 Å². The monoisotopic (exact) mass is 398 g/mol. The number of rotatable bonds is 5. The number of carbonyl (C=O) groups is 1. The Morgan fingerprint density at radius 2 is 2.07 bits per heavy atom. The molecule has 1 atom stereocenters. The topological polar surface area (TPSA) is 85.0 Å². The number of hydrogen-bond acceptors (Lipinski definition) is 5. The summed E-state index contributed by atoms with van der Waals surface area (Å²) in [6.45, 7) is 1.96. The fourth-order valence-electron chi connectivity index (χ4n) is 4.19. The summed E-state index contributed by atoms with van der Waals surface area (Å²) in [4.78, 5) is 31.9. The van der Waals surface area contributed by atoms with Crippen LogP contribution in [0.15, 0.2) is 17.1 Å². The summed E-state index contributed by atoms with van der Waals surface area (Å²) < 4.78 is 3.33. The zero-order valence-corrected chi connectivity index (χ0v) is 17.4. The number of carbonyl (C=O) groups excluding carboxylic acids is 1. The Morgan fingerprint density at radius 3 is 2.90 bits per heavy atom. The van der Waals surface area contributed by atoms with Gasteiger partial charge in [-0.3, -0.25) is 14.3 Å². The largest absolute Gasteiger partial charge is 0.349 e. The molecule has 4 rings (SSSR count). The summed E-state index contributed by atoms with van der Waals surface area (Å²) in [7, 11) is 3.97. The Morgan fingerprint density at radius 1 is 1.24 bits per heavy atom. The first-order valence-electron chi connectivity index (χ1n) is 10.6. The quantitative estimate of drug-likeness (QED) is 0.813. The third-order valence-electron chi connectivity index (χ3n) is 5.94. The number of aryl methyl sites for hydroxylation is 3. The van der Waals surface area contributed by atoms with Crippen LogP contribution in [0.5, 0.6) is 0 Å². The molecule has 0 saturated heterocycles. The highest BCUT2D eigenvalue weighted by Crippen LogP contribution is 2.20. The molecule has 1 aliphatic heterocycles. The van der Waals surface area contributed by atoms with Gasteiger partial charge in [-0.2, -0.15) is 5.10 Å². The van der Waals surface area contributed by atoms with E-state index in [0.29, 0.717) is 25.1 Å². The van der Waals surface area contributed by atoms with Crippen LogP contribution < -0.4 is 11.0 Å². The van der Waals surface area contributed by atoms with Crippen molar-refractivity contribution < 1.29 is 4.79 Å². The Balaban J connectivity index is 1.39. The summed E-state index contributed by atoms with van der Waals surface area (Å²) in [6, 6.07) is 2.04. The average molecular weight is 399 g/mol. The molecule has 0 saturated carbocycles. The lowest BCUT2D eigenvalue weighted by atomic mass is 9.95. The van der Waals surface area contributed by atoms with Crippen LogP contribution in [0.2, 0.25) is 0 Å². The van der Waals surface area contributed by atoms with Crippen molar-refractivity contribution in [2.24, 2.45) is 0 Å². The van der Waals surface area contributed by atoms with Gasteiger partial charge in [0.15, 0.2) is 0 Å². The second kappa shape index (κ2) is 8.49. The molecule has 8 heteroatoms. The zero-order chi connectivity index (χ0) is 20.4. The molecule has 0 aromatic carbocycles. The standard InChI is InChI=1S/C21H30N6O2/c1-25(2)11-12-27-21(29)26-10-9-17(7-8-19(26)24-27)23-20(28)16-13-15-5-3-4-6-18(15)22-14-16/h13-14,17H,3-12H2,1-2H3,(H,23,28). The molecule has 0 spiro atoms. The summed E-state index contributed by atoms with van der Waals surface area (Å²) in [5.74, 6) is 0.750. The lowest BCUT2D eigenvalue weighted by Crippen LogP contribution is -2.36. The normalized spacial score (nSPS) is 18.8. The third kappa shape index (κ3) is 4.42. The molecule has 1 aliphatic carbocycles. The van der Waals surface area contributed by atoms with E-state index in [1.54, 1.807) is 15.4 Å². The van der Waals surface area contributed by atoms with Crippen molar-refractivity contribution in [2.75, 3.05) is 20.6 Å². The SMILES string of the molecule is CN(C)CCn1nc2n(c1=O)CCC(NC(=O)c1cnc3c(c1)CCCC3)CC2. The van der Waals surface area contributed by atoms with E-state index in [1.807, 2.05) is 25.1 Å². The maximum atomic E-state index is 12.7. The highest BCUT2D eigenvalue weighted by molar-refractivity contribution is 5.94. The fourth-order valence-corrected chi connectivity index (χ4v) is 4.19. The number of pyridine rings is 1. The number of amides is 1. The summed E-state index contributed by atoms with van der Waals surface area (Å²) in [5.41, 5.74) is 2.94. The molecule has 3 heterocycles. The first kappa shape index (κ1) is 19.8. The van der Waals surface area contributed by atoms with Gasteiger partial charge in [-0.15, -0.1) is 0 Å². The Labute approximate surface area is 170 Å². The van der Waals surface area contributed by atoms with Gasteiger partial charge < -0.3 is 10.2 Å². The minimum absolute atomic E-state index is 0.0369. The van der Waals surface area contributed by atoms with Gasteiger partial charge in [0.1, 0.15) is 5.82 Å². The van der Waals surface area contributed by atoms with Crippen molar-refractivity contribution in [1.29, 1.82) is 0 Å². The van der Waals surface area contributed by atoms with Crippen LogP contribution >= 0.6 is 0 Å². The first-order valence-corrected chi connectivity index (χ1v) is 10.6. The Bertz CT molecular complexity index is 945. The van der Waals surface area contributed by atoms with Gasteiger partial charge in [0.2, 0.25) is 0 Å². The molecule has 2 aromatic rings. The smallest absolute Gasteiger partial charge is 0.345 e. The van der Waals surface area contributed by atoms with Gasteiger partial charge in [0.25, 0.3) is 5.91 Å². The molecule has 2 aromatic heterocycles. The fraction of sp³-hybridized carbons (Fsp3) is 0.619. The first-order chi connectivity index (χ1) is 14.0. The maximum Gasteiger partial charge on any atom is 0.345 e. The minimum atomic E-state index is -0.0705. The predicted octanol–water partition coefficient (Wildman–Crippen LogP) is 1.02. The van der Waals surface area contributed by atoms with Crippen LogP contribution in [0.1, 0.15) is 53.1 Å². The van der Waals surface area contributed by atoms with Crippen LogP contribution in [0.3, 0.4) is 0 Å². The van der Waals surface area contributed by atoms with Crippen molar-refractivity contribution in [1.82, 2.24) is 29.5 Å². The Hall–Kier alpha value is -2.48. The van der Waals surface area contributed by atoms with E-state index >= 15 is 0 Å². The van der Waals surface area contributed by atoms with E-state index in [9.17, 15) is 9.59 Å². The number of aromatic nitrogens is 4. The number of hydrogen-bond donors (Lipinski definition) is 1. The van der Waals surface area contributed by atoms with Crippen molar-refractivity contribution >= 4 is 5.91 Å². The van der Waals surface area contributed by atoms with E-state index in [4.69, 9.17) is 0 Å². The number of likely N-dealkylation sites (N-methyl/N-ethyl adjacent to an activating group) is 1. The van der Waals surface area contributed by atoms with Gasteiger partial charge >= 0.3 is 5.69 Å². The second-order valence-electron chi connectivity index (χ2n) is 8.41. The average Bonchev–Trinajstić information content (AvgIpc) is 2.88. The third-order valence-corrected chi connectivity index (χ3v) is 5.94. The predicted molar refractivity (Wildman–Crippen MR) is 110 cm³/mol. The lowest BCUT2D eigenvalue weighted by Gasteiger charge is -2.18. The van der Waals surface area contributed by atoms with Crippen LogP contribution in [0.4, 0.5) is 0 Å². The highest BCUT2D eigenvalue weighted by atomic mass is 16.2. The van der Waals surface area contributed by atoms with Gasteiger partial charge in [0.05, 0.1) is 12.1 Å². The number of nitrogens with one attached hydrogen (secondary N) is 1.